The van der Waals surface area contributed by atoms with Crippen molar-refractivity contribution in [3.05, 3.63) is 84.1 Å². The van der Waals surface area contributed by atoms with Crippen molar-refractivity contribution in [3.8, 4) is 0 Å². The van der Waals surface area contributed by atoms with E-state index >= 15 is 0 Å². The van der Waals surface area contributed by atoms with E-state index in [0.29, 0.717) is 5.76 Å². The lowest BCUT2D eigenvalue weighted by Gasteiger charge is -2.12. The molecule has 1 heterocycles. The lowest BCUT2D eigenvalue weighted by Crippen LogP contribution is -2.31. The summed E-state index contributed by atoms with van der Waals surface area (Å²) in [4.78, 5) is 24.4. The first-order chi connectivity index (χ1) is 14.1. The predicted octanol–water partition coefficient (Wildman–Crippen LogP) is 4.55. The van der Waals surface area contributed by atoms with Crippen LogP contribution in [-0.4, -0.2) is 18.5 Å². The first kappa shape index (κ1) is 18.7. The Morgan fingerprint density at radius 2 is 1.69 bits per heavy atom. The zero-order valence-electron chi connectivity index (χ0n) is 16.1. The van der Waals surface area contributed by atoms with Crippen molar-refractivity contribution in [2.75, 3.05) is 6.61 Å². The van der Waals surface area contributed by atoms with E-state index in [0.717, 1.165) is 27.3 Å². The summed E-state index contributed by atoms with van der Waals surface area (Å²) in [6, 6.07) is 22.9. The Balaban J connectivity index is 1.32. The van der Waals surface area contributed by atoms with Gasteiger partial charge in [0.1, 0.15) is 11.3 Å². The number of furan rings is 1. The highest BCUT2D eigenvalue weighted by molar-refractivity contribution is 5.89. The van der Waals surface area contributed by atoms with Crippen LogP contribution in [-0.2, 0) is 20.7 Å². The molecule has 0 aliphatic rings. The molecule has 0 bridgehead atoms. The Bertz CT molecular complexity index is 1140. The zero-order chi connectivity index (χ0) is 20.2. The van der Waals surface area contributed by atoms with E-state index in [1.54, 1.807) is 0 Å². The van der Waals surface area contributed by atoms with E-state index in [1.807, 2.05) is 79.7 Å². The molecule has 146 valence electrons. The molecule has 4 aromatic rings. The minimum Gasteiger partial charge on any atom is -0.459 e. The van der Waals surface area contributed by atoms with Crippen molar-refractivity contribution in [2.24, 2.45) is 0 Å². The minimum absolute atomic E-state index is 0.119. The van der Waals surface area contributed by atoms with E-state index in [4.69, 9.17) is 9.15 Å². The second-order valence-corrected chi connectivity index (χ2v) is 6.95. The Morgan fingerprint density at radius 3 is 2.52 bits per heavy atom. The Labute approximate surface area is 168 Å². The Hall–Kier alpha value is -3.60. The molecule has 0 aliphatic heterocycles. The Kier molecular flexibility index (Phi) is 5.29. The maximum absolute atomic E-state index is 12.2. The first-order valence-electron chi connectivity index (χ1n) is 9.50. The van der Waals surface area contributed by atoms with E-state index in [2.05, 4.69) is 5.32 Å². The lowest BCUT2D eigenvalue weighted by molar-refractivity contribution is -0.148. The summed E-state index contributed by atoms with van der Waals surface area (Å²) in [7, 11) is 0. The number of hydrogen-bond donors (Lipinski definition) is 1. The fourth-order valence-corrected chi connectivity index (χ4v) is 3.37. The van der Waals surface area contributed by atoms with Crippen molar-refractivity contribution < 1.29 is 18.7 Å². The maximum Gasteiger partial charge on any atom is 0.310 e. The summed E-state index contributed by atoms with van der Waals surface area (Å²) in [6.45, 7) is 1.50. The van der Waals surface area contributed by atoms with Crippen LogP contribution in [0, 0.1) is 0 Å². The lowest BCUT2D eigenvalue weighted by atomic mass is 10.0. The summed E-state index contributed by atoms with van der Waals surface area (Å²) in [5.74, 6) is -0.154. The van der Waals surface area contributed by atoms with Gasteiger partial charge in [0.15, 0.2) is 6.61 Å². The quantitative estimate of drug-likeness (QED) is 0.493. The zero-order valence-corrected chi connectivity index (χ0v) is 16.1. The molecular formula is C24H21NO4. The van der Waals surface area contributed by atoms with Gasteiger partial charge in [0.2, 0.25) is 0 Å². The van der Waals surface area contributed by atoms with Crippen molar-refractivity contribution in [1.29, 1.82) is 0 Å². The fraction of sp³-hybridized carbons (Fsp3) is 0.167. The largest absolute Gasteiger partial charge is 0.459 e. The highest BCUT2D eigenvalue weighted by Gasteiger charge is 2.16. The van der Waals surface area contributed by atoms with Gasteiger partial charge in [0, 0.05) is 5.39 Å². The van der Waals surface area contributed by atoms with E-state index in [-0.39, 0.29) is 25.0 Å². The highest BCUT2D eigenvalue weighted by atomic mass is 16.5. The highest BCUT2D eigenvalue weighted by Crippen LogP contribution is 2.23. The van der Waals surface area contributed by atoms with Gasteiger partial charge < -0.3 is 14.5 Å². The third kappa shape index (κ3) is 4.29. The standard InChI is InChI=1S/C24H21NO4/c1-16(22-13-19-8-3-5-12-21(19)29-22)25-23(26)15-28-24(27)14-18-10-6-9-17-7-2-4-11-20(17)18/h2-13,16H,14-15H2,1H3,(H,25,26)/t16-/m1/s1. The molecule has 1 amide bonds. The van der Waals surface area contributed by atoms with Crippen molar-refractivity contribution in [1.82, 2.24) is 5.32 Å². The minimum atomic E-state index is -0.437. The van der Waals surface area contributed by atoms with Crippen LogP contribution in [0.1, 0.15) is 24.3 Å². The number of carbonyl (C=O) groups excluding carboxylic acids is 2. The smallest absolute Gasteiger partial charge is 0.310 e. The molecule has 29 heavy (non-hydrogen) atoms. The van der Waals surface area contributed by atoms with Gasteiger partial charge in [-0.1, -0.05) is 60.7 Å². The molecule has 1 atom stereocenters. The number of amides is 1. The monoisotopic (exact) mass is 387 g/mol. The number of rotatable bonds is 6. The van der Waals surface area contributed by atoms with Crippen LogP contribution in [0.2, 0.25) is 0 Å². The molecule has 5 nitrogen and oxygen atoms in total. The summed E-state index contributed by atoms with van der Waals surface area (Å²) in [5.41, 5.74) is 1.65. The molecule has 0 unspecified atom stereocenters. The van der Waals surface area contributed by atoms with E-state index in [9.17, 15) is 9.59 Å². The van der Waals surface area contributed by atoms with Gasteiger partial charge in [0.25, 0.3) is 5.91 Å². The van der Waals surface area contributed by atoms with Gasteiger partial charge in [-0.15, -0.1) is 0 Å². The summed E-state index contributed by atoms with van der Waals surface area (Å²) < 4.78 is 10.9. The molecule has 5 heteroatoms. The van der Waals surface area contributed by atoms with Crippen LogP contribution >= 0.6 is 0 Å². The molecule has 0 saturated carbocycles. The third-order valence-corrected chi connectivity index (χ3v) is 4.83. The van der Waals surface area contributed by atoms with Crippen LogP contribution in [0.15, 0.2) is 77.2 Å². The molecular weight excluding hydrogens is 366 g/mol. The van der Waals surface area contributed by atoms with Crippen LogP contribution in [0.5, 0.6) is 0 Å². The number of hydrogen-bond acceptors (Lipinski definition) is 4. The van der Waals surface area contributed by atoms with Crippen LogP contribution in [0.3, 0.4) is 0 Å². The van der Waals surface area contributed by atoms with Gasteiger partial charge in [-0.3, -0.25) is 9.59 Å². The van der Waals surface area contributed by atoms with E-state index < -0.39 is 5.97 Å². The average Bonchev–Trinajstić information content (AvgIpc) is 3.17. The molecule has 0 fully saturated rings. The second kappa shape index (κ2) is 8.19. The second-order valence-electron chi connectivity index (χ2n) is 6.95. The summed E-state index contributed by atoms with van der Waals surface area (Å²) >= 11 is 0. The first-order valence-corrected chi connectivity index (χ1v) is 9.50. The van der Waals surface area contributed by atoms with Gasteiger partial charge in [0.05, 0.1) is 12.5 Å². The normalized spacial score (nSPS) is 12.0. The van der Waals surface area contributed by atoms with E-state index in [1.165, 1.54) is 0 Å². The molecule has 0 radical (unpaired) electrons. The number of benzene rings is 3. The van der Waals surface area contributed by atoms with Crippen molar-refractivity contribution >= 4 is 33.6 Å². The molecule has 1 aromatic heterocycles. The fourth-order valence-electron chi connectivity index (χ4n) is 3.37. The third-order valence-electron chi connectivity index (χ3n) is 4.83. The SMILES string of the molecule is C[C@@H](NC(=O)COC(=O)Cc1cccc2ccccc12)c1cc2ccccc2o1. The average molecular weight is 387 g/mol. The molecule has 3 aromatic carbocycles. The van der Waals surface area contributed by atoms with Crippen LogP contribution in [0.25, 0.3) is 21.7 Å². The molecule has 0 saturated heterocycles. The van der Waals surface area contributed by atoms with Crippen LogP contribution < -0.4 is 5.32 Å². The number of esters is 1. The summed E-state index contributed by atoms with van der Waals surface area (Å²) in [6.07, 6.45) is 0.119. The van der Waals surface area contributed by atoms with Gasteiger partial charge >= 0.3 is 5.97 Å². The molecule has 0 aliphatic carbocycles. The van der Waals surface area contributed by atoms with Gasteiger partial charge in [-0.25, -0.2) is 0 Å². The number of para-hydroxylation sites is 1. The number of fused-ring (bicyclic) bond motifs is 2. The summed E-state index contributed by atoms with van der Waals surface area (Å²) in [5, 5.41) is 5.85. The molecule has 4 rings (SSSR count). The number of nitrogens with one attached hydrogen (secondary N) is 1. The van der Waals surface area contributed by atoms with Gasteiger partial charge in [-0.05, 0) is 35.4 Å². The maximum atomic E-state index is 12.2. The van der Waals surface area contributed by atoms with Crippen molar-refractivity contribution in [2.45, 2.75) is 19.4 Å². The van der Waals surface area contributed by atoms with Crippen molar-refractivity contribution in [3.63, 3.8) is 0 Å². The molecule has 0 spiro atoms. The molecule has 1 N–H and O–H groups in total. The number of ether oxygens (including phenoxy) is 1. The topological polar surface area (TPSA) is 68.5 Å². The Morgan fingerprint density at radius 1 is 0.966 bits per heavy atom. The number of carbonyl (C=O) groups is 2. The van der Waals surface area contributed by atoms with Crippen LogP contribution in [0.4, 0.5) is 0 Å². The van der Waals surface area contributed by atoms with Gasteiger partial charge in [-0.2, -0.15) is 0 Å². The predicted molar refractivity (Wildman–Crippen MR) is 111 cm³/mol.